The minimum absolute atomic E-state index is 0.0871. The Labute approximate surface area is 119 Å². The number of Topliss-reactive ketones (excluding diaryl/α,β-unsaturated/α-hetero) is 1. The third-order valence-electron chi connectivity index (χ3n) is 3.48. The highest BCUT2D eigenvalue weighted by Gasteiger charge is 2.29. The second-order valence-electron chi connectivity index (χ2n) is 6.20. The molecule has 1 aromatic rings. The first kappa shape index (κ1) is 14.7. The summed E-state index contributed by atoms with van der Waals surface area (Å²) in [5.41, 5.74) is 0.133. The van der Waals surface area contributed by atoms with Crippen LogP contribution in [0.4, 0.5) is 0 Å². The van der Waals surface area contributed by atoms with Crippen molar-refractivity contribution in [3.05, 3.63) is 18.0 Å². The maximum absolute atomic E-state index is 12.0. The third-order valence-corrected chi connectivity index (χ3v) is 3.48. The topological polar surface area (TPSA) is 67.2 Å². The summed E-state index contributed by atoms with van der Waals surface area (Å²) in [6.07, 6.45) is 3.08. The van der Waals surface area contributed by atoms with Crippen LogP contribution in [0.3, 0.4) is 0 Å². The Morgan fingerprint density at radius 2 is 2.05 bits per heavy atom. The molecule has 0 aliphatic carbocycles. The molecule has 0 bridgehead atoms. The zero-order valence-corrected chi connectivity index (χ0v) is 12.5. The van der Waals surface area contributed by atoms with Crippen molar-refractivity contribution in [2.24, 2.45) is 0 Å². The van der Waals surface area contributed by atoms with Crippen LogP contribution in [0.15, 0.2) is 12.4 Å². The number of ketones is 1. The van der Waals surface area contributed by atoms with Gasteiger partial charge in [0.1, 0.15) is 0 Å². The lowest BCUT2D eigenvalue weighted by Gasteiger charge is -2.38. The SMILES string of the molecule is CCN1CC(NC(=O)C(=O)c2cnn(C(C)(C)C)c2)C1. The van der Waals surface area contributed by atoms with Gasteiger partial charge in [-0.25, -0.2) is 0 Å². The summed E-state index contributed by atoms with van der Waals surface area (Å²) in [6.45, 7) is 10.6. The van der Waals surface area contributed by atoms with Crippen molar-refractivity contribution in [1.29, 1.82) is 0 Å². The molecule has 1 fully saturated rings. The summed E-state index contributed by atoms with van der Waals surface area (Å²) in [4.78, 5) is 26.1. The maximum Gasteiger partial charge on any atom is 0.292 e. The molecule has 1 aromatic heterocycles. The normalized spacial score (nSPS) is 16.8. The number of hydrogen-bond acceptors (Lipinski definition) is 4. The minimum atomic E-state index is -0.542. The number of hydrogen-bond donors (Lipinski definition) is 1. The Bertz CT molecular complexity index is 509. The van der Waals surface area contributed by atoms with Crippen molar-refractivity contribution in [2.75, 3.05) is 19.6 Å². The molecule has 0 saturated carbocycles. The molecule has 20 heavy (non-hydrogen) atoms. The number of carbonyl (C=O) groups excluding carboxylic acids is 2. The van der Waals surface area contributed by atoms with E-state index in [-0.39, 0.29) is 11.6 Å². The number of amides is 1. The van der Waals surface area contributed by atoms with Gasteiger partial charge in [0.15, 0.2) is 0 Å². The quantitative estimate of drug-likeness (QED) is 0.648. The van der Waals surface area contributed by atoms with Crippen LogP contribution in [0.25, 0.3) is 0 Å². The molecule has 0 atom stereocenters. The second-order valence-corrected chi connectivity index (χ2v) is 6.20. The van der Waals surface area contributed by atoms with Crippen molar-refractivity contribution in [3.8, 4) is 0 Å². The van der Waals surface area contributed by atoms with E-state index in [1.165, 1.54) is 6.20 Å². The number of nitrogens with one attached hydrogen (secondary N) is 1. The fraction of sp³-hybridized carbons (Fsp3) is 0.643. The van der Waals surface area contributed by atoms with E-state index in [1.807, 2.05) is 20.8 Å². The van der Waals surface area contributed by atoms with Gasteiger partial charge in [0.2, 0.25) is 0 Å². The number of rotatable bonds is 4. The molecule has 1 aliphatic heterocycles. The smallest absolute Gasteiger partial charge is 0.292 e. The number of likely N-dealkylation sites (N-methyl/N-ethyl adjacent to an activating group) is 1. The van der Waals surface area contributed by atoms with E-state index < -0.39 is 11.7 Å². The highest BCUT2D eigenvalue weighted by atomic mass is 16.2. The summed E-state index contributed by atoms with van der Waals surface area (Å²) in [5, 5.41) is 6.90. The van der Waals surface area contributed by atoms with Gasteiger partial charge in [0, 0.05) is 19.3 Å². The van der Waals surface area contributed by atoms with E-state index in [2.05, 4.69) is 22.2 Å². The van der Waals surface area contributed by atoms with Crippen LogP contribution in [-0.2, 0) is 10.3 Å². The molecular formula is C14H22N4O2. The van der Waals surface area contributed by atoms with E-state index in [9.17, 15) is 9.59 Å². The summed E-state index contributed by atoms with van der Waals surface area (Å²) in [6, 6.07) is 0.0871. The van der Waals surface area contributed by atoms with Crippen molar-refractivity contribution in [1.82, 2.24) is 20.0 Å². The van der Waals surface area contributed by atoms with Gasteiger partial charge in [-0.3, -0.25) is 19.2 Å². The van der Waals surface area contributed by atoms with Crippen molar-refractivity contribution in [2.45, 2.75) is 39.3 Å². The van der Waals surface area contributed by atoms with Gasteiger partial charge < -0.3 is 5.32 Å². The molecule has 6 heteroatoms. The van der Waals surface area contributed by atoms with Crippen LogP contribution in [0.1, 0.15) is 38.1 Å². The van der Waals surface area contributed by atoms with Crippen LogP contribution in [0.5, 0.6) is 0 Å². The number of carbonyl (C=O) groups is 2. The molecule has 6 nitrogen and oxygen atoms in total. The first-order valence-electron chi connectivity index (χ1n) is 6.94. The molecule has 1 saturated heterocycles. The highest BCUT2D eigenvalue weighted by molar-refractivity contribution is 6.42. The lowest BCUT2D eigenvalue weighted by atomic mass is 10.1. The third kappa shape index (κ3) is 3.07. The van der Waals surface area contributed by atoms with Crippen molar-refractivity contribution in [3.63, 3.8) is 0 Å². The van der Waals surface area contributed by atoms with Crippen LogP contribution in [0, 0.1) is 0 Å². The highest BCUT2D eigenvalue weighted by Crippen LogP contribution is 2.14. The van der Waals surface area contributed by atoms with Gasteiger partial charge in [-0.05, 0) is 27.3 Å². The molecule has 0 aromatic carbocycles. The fourth-order valence-electron chi connectivity index (χ4n) is 2.11. The molecule has 2 heterocycles. The van der Waals surface area contributed by atoms with Gasteiger partial charge in [-0.15, -0.1) is 0 Å². The number of likely N-dealkylation sites (tertiary alicyclic amines) is 1. The molecule has 1 amide bonds. The van der Waals surface area contributed by atoms with Gasteiger partial charge >= 0.3 is 0 Å². The summed E-state index contributed by atoms with van der Waals surface area (Å²) in [7, 11) is 0. The van der Waals surface area contributed by atoms with Crippen LogP contribution < -0.4 is 5.32 Å². The monoisotopic (exact) mass is 278 g/mol. The molecule has 110 valence electrons. The Morgan fingerprint density at radius 1 is 1.40 bits per heavy atom. The van der Waals surface area contributed by atoms with Gasteiger partial charge in [-0.2, -0.15) is 5.10 Å². The summed E-state index contributed by atoms with van der Waals surface area (Å²) >= 11 is 0. The number of aromatic nitrogens is 2. The van der Waals surface area contributed by atoms with Crippen LogP contribution in [-0.4, -0.2) is 52.0 Å². The zero-order valence-electron chi connectivity index (χ0n) is 12.5. The maximum atomic E-state index is 12.0. The summed E-state index contributed by atoms with van der Waals surface area (Å²) < 4.78 is 1.69. The first-order chi connectivity index (χ1) is 9.31. The Balaban J connectivity index is 1.94. The van der Waals surface area contributed by atoms with E-state index >= 15 is 0 Å². The molecule has 0 radical (unpaired) electrons. The molecule has 1 aliphatic rings. The minimum Gasteiger partial charge on any atom is -0.344 e. The number of nitrogens with zero attached hydrogens (tertiary/aromatic N) is 3. The molecular weight excluding hydrogens is 256 g/mol. The predicted octanol–water partition coefficient (Wildman–Crippen LogP) is 0.641. The fourth-order valence-corrected chi connectivity index (χ4v) is 2.11. The lowest BCUT2D eigenvalue weighted by molar-refractivity contribution is -0.118. The largest absolute Gasteiger partial charge is 0.344 e. The second kappa shape index (κ2) is 5.36. The molecule has 2 rings (SSSR count). The van der Waals surface area contributed by atoms with Gasteiger partial charge in [0.05, 0.1) is 23.3 Å². The average Bonchev–Trinajstić information content (AvgIpc) is 2.81. The van der Waals surface area contributed by atoms with Crippen molar-refractivity contribution >= 4 is 11.7 Å². The zero-order chi connectivity index (χ0) is 14.9. The van der Waals surface area contributed by atoms with Gasteiger partial charge in [0.25, 0.3) is 11.7 Å². The van der Waals surface area contributed by atoms with E-state index in [0.29, 0.717) is 5.56 Å². The summed E-state index contributed by atoms with van der Waals surface area (Å²) in [5.74, 6) is -1.06. The molecule has 0 spiro atoms. The first-order valence-corrected chi connectivity index (χ1v) is 6.94. The Hall–Kier alpha value is -1.69. The average molecular weight is 278 g/mol. The van der Waals surface area contributed by atoms with E-state index in [1.54, 1.807) is 10.9 Å². The predicted molar refractivity (Wildman–Crippen MR) is 75.6 cm³/mol. The van der Waals surface area contributed by atoms with E-state index in [0.717, 1.165) is 19.6 Å². The Kier molecular flexibility index (Phi) is 3.94. The van der Waals surface area contributed by atoms with E-state index in [4.69, 9.17) is 0 Å². The van der Waals surface area contributed by atoms with Crippen molar-refractivity contribution < 1.29 is 9.59 Å². The lowest BCUT2D eigenvalue weighted by Crippen LogP contribution is -2.59. The van der Waals surface area contributed by atoms with Crippen LogP contribution in [0.2, 0.25) is 0 Å². The van der Waals surface area contributed by atoms with Gasteiger partial charge in [-0.1, -0.05) is 6.92 Å². The standard InChI is InChI=1S/C14H22N4O2/c1-5-17-8-11(9-17)16-13(20)12(19)10-6-15-18(7-10)14(2,3)4/h6-7,11H,5,8-9H2,1-4H3,(H,16,20). The Morgan fingerprint density at radius 3 is 2.55 bits per heavy atom. The molecule has 0 unspecified atom stereocenters. The van der Waals surface area contributed by atoms with Crippen LogP contribution >= 0.6 is 0 Å². The molecule has 1 N–H and O–H groups in total.